The number of ether oxygens (including phenoxy) is 1. The standard InChI is InChI=1S/C17H15N3O3S2/c1-3-23-13-8-15(18-9(2)21)19-12-5-4-10(6-11(12)13)7-14-16(22)20-17(24)25-14/h4-8H,3H2,1-2H3,(H,18,19,21)(H,20,22,24)/b14-7+. The summed E-state index contributed by atoms with van der Waals surface area (Å²) in [5, 5.41) is 6.06. The fourth-order valence-electron chi connectivity index (χ4n) is 2.39. The van der Waals surface area contributed by atoms with Crippen LogP contribution in [0.15, 0.2) is 29.2 Å². The van der Waals surface area contributed by atoms with Gasteiger partial charge in [-0.05, 0) is 30.7 Å². The van der Waals surface area contributed by atoms with E-state index < -0.39 is 0 Å². The molecule has 6 nitrogen and oxygen atoms in total. The molecule has 2 amide bonds. The smallest absolute Gasteiger partial charge is 0.263 e. The van der Waals surface area contributed by atoms with Crippen LogP contribution in [-0.2, 0) is 9.59 Å². The molecule has 2 heterocycles. The van der Waals surface area contributed by atoms with Crippen molar-refractivity contribution in [1.29, 1.82) is 0 Å². The number of nitrogens with one attached hydrogen (secondary N) is 2. The molecule has 1 aliphatic heterocycles. The van der Waals surface area contributed by atoms with E-state index in [0.717, 1.165) is 10.9 Å². The summed E-state index contributed by atoms with van der Waals surface area (Å²) in [5.74, 6) is 0.663. The molecule has 1 fully saturated rings. The van der Waals surface area contributed by atoms with Gasteiger partial charge < -0.3 is 15.4 Å². The molecule has 0 atom stereocenters. The zero-order chi connectivity index (χ0) is 18.0. The van der Waals surface area contributed by atoms with Crippen LogP contribution in [0.5, 0.6) is 5.75 Å². The van der Waals surface area contributed by atoms with Crippen molar-refractivity contribution in [3.63, 3.8) is 0 Å². The second kappa shape index (κ2) is 7.20. The Balaban J connectivity index is 2.05. The highest BCUT2D eigenvalue weighted by Crippen LogP contribution is 2.31. The number of thioether (sulfide) groups is 1. The minimum absolute atomic E-state index is 0.195. The lowest BCUT2D eigenvalue weighted by Crippen LogP contribution is -2.17. The molecular weight excluding hydrogens is 358 g/mol. The van der Waals surface area contributed by atoms with Gasteiger partial charge in [0, 0.05) is 18.4 Å². The van der Waals surface area contributed by atoms with E-state index >= 15 is 0 Å². The molecule has 0 radical (unpaired) electrons. The van der Waals surface area contributed by atoms with Crippen molar-refractivity contribution in [2.75, 3.05) is 11.9 Å². The number of nitrogens with zero attached hydrogens (tertiary/aromatic N) is 1. The van der Waals surface area contributed by atoms with Crippen LogP contribution in [-0.4, -0.2) is 27.7 Å². The molecule has 0 bridgehead atoms. The van der Waals surface area contributed by atoms with Gasteiger partial charge in [-0.2, -0.15) is 0 Å². The Labute approximate surface area is 154 Å². The number of carbonyl (C=O) groups excluding carboxylic acids is 2. The summed E-state index contributed by atoms with van der Waals surface area (Å²) in [7, 11) is 0. The molecule has 0 unspecified atom stereocenters. The van der Waals surface area contributed by atoms with Crippen LogP contribution in [0.2, 0.25) is 0 Å². The Kier molecular flexibility index (Phi) is 5.00. The molecule has 1 aliphatic rings. The van der Waals surface area contributed by atoms with Crippen molar-refractivity contribution >= 4 is 62.9 Å². The Hall–Kier alpha value is -2.45. The van der Waals surface area contributed by atoms with Crippen molar-refractivity contribution in [2.45, 2.75) is 13.8 Å². The summed E-state index contributed by atoms with van der Waals surface area (Å²) in [6.07, 6.45) is 1.77. The van der Waals surface area contributed by atoms with Gasteiger partial charge in [0.1, 0.15) is 15.9 Å². The topological polar surface area (TPSA) is 80.3 Å². The molecule has 0 saturated carbocycles. The number of anilines is 1. The first-order chi connectivity index (χ1) is 12.0. The van der Waals surface area contributed by atoms with E-state index in [1.807, 2.05) is 25.1 Å². The molecule has 1 aromatic heterocycles. The Morgan fingerprint density at radius 1 is 1.44 bits per heavy atom. The van der Waals surface area contributed by atoms with E-state index in [-0.39, 0.29) is 11.8 Å². The van der Waals surface area contributed by atoms with Crippen LogP contribution < -0.4 is 15.4 Å². The number of benzene rings is 1. The number of hydrogen-bond donors (Lipinski definition) is 2. The summed E-state index contributed by atoms with van der Waals surface area (Å²) in [5.41, 5.74) is 1.53. The highest BCUT2D eigenvalue weighted by molar-refractivity contribution is 8.26. The first-order valence-electron chi connectivity index (χ1n) is 7.56. The lowest BCUT2D eigenvalue weighted by molar-refractivity contribution is -0.115. The van der Waals surface area contributed by atoms with E-state index in [1.165, 1.54) is 18.7 Å². The van der Waals surface area contributed by atoms with Crippen LogP contribution in [0.3, 0.4) is 0 Å². The fraction of sp³-hybridized carbons (Fsp3) is 0.176. The van der Waals surface area contributed by atoms with Crippen molar-refractivity contribution in [3.05, 3.63) is 34.7 Å². The van der Waals surface area contributed by atoms with Crippen LogP contribution >= 0.6 is 24.0 Å². The largest absolute Gasteiger partial charge is 0.493 e. The minimum Gasteiger partial charge on any atom is -0.493 e. The number of carbonyl (C=O) groups is 2. The first kappa shape index (κ1) is 17.4. The Bertz CT molecular complexity index is 925. The molecule has 128 valence electrons. The lowest BCUT2D eigenvalue weighted by atomic mass is 10.1. The summed E-state index contributed by atoms with van der Waals surface area (Å²) < 4.78 is 6.14. The first-order valence-corrected chi connectivity index (χ1v) is 8.79. The third-order valence-corrected chi connectivity index (χ3v) is 4.50. The molecule has 0 spiro atoms. The third kappa shape index (κ3) is 3.97. The van der Waals surface area contributed by atoms with Gasteiger partial charge in [0.05, 0.1) is 17.0 Å². The van der Waals surface area contributed by atoms with E-state index in [4.69, 9.17) is 17.0 Å². The second-order valence-electron chi connectivity index (χ2n) is 5.25. The van der Waals surface area contributed by atoms with Crippen molar-refractivity contribution < 1.29 is 14.3 Å². The van der Waals surface area contributed by atoms with Gasteiger partial charge in [-0.25, -0.2) is 4.98 Å². The summed E-state index contributed by atoms with van der Waals surface area (Å²) in [6.45, 7) is 3.79. The average Bonchev–Trinajstić information content (AvgIpc) is 2.85. The molecule has 8 heteroatoms. The lowest BCUT2D eigenvalue weighted by Gasteiger charge is -2.11. The maximum Gasteiger partial charge on any atom is 0.263 e. The molecule has 3 rings (SSSR count). The maximum absolute atomic E-state index is 11.8. The van der Waals surface area contributed by atoms with Crippen molar-refractivity contribution in [3.8, 4) is 5.75 Å². The van der Waals surface area contributed by atoms with Gasteiger partial charge >= 0.3 is 0 Å². The molecular formula is C17H15N3O3S2. The quantitative estimate of drug-likeness (QED) is 0.633. The molecule has 25 heavy (non-hydrogen) atoms. The number of hydrogen-bond acceptors (Lipinski definition) is 6. The van der Waals surface area contributed by atoms with Crippen molar-refractivity contribution in [2.24, 2.45) is 0 Å². The van der Waals surface area contributed by atoms with E-state index in [2.05, 4.69) is 15.6 Å². The number of rotatable bonds is 4. The monoisotopic (exact) mass is 373 g/mol. The predicted molar refractivity (Wildman–Crippen MR) is 104 cm³/mol. The summed E-state index contributed by atoms with van der Waals surface area (Å²) in [4.78, 5) is 28.0. The molecule has 2 N–H and O–H groups in total. The highest BCUT2D eigenvalue weighted by Gasteiger charge is 2.22. The SMILES string of the molecule is CCOc1cc(NC(C)=O)nc2ccc(/C=C3/SC(=S)NC3=O)cc12. The van der Waals surface area contributed by atoms with E-state index in [9.17, 15) is 9.59 Å². The van der Waals surface area contributed by atoms with Gasteiger partial charge in [0.15, 0.2) is 0 Å². The molecule has 2 aromatic rings. The molecule has 1 aromatic carbocycles. The predicted octanol–water partition coefficient (Wildman–Crippen LogP) is 3.08. The van der Waals surface area contributed by atoms with E-state index in [0.29, 0.717) is 32.9 Å². The summed E-state index contributed by atoms with van der Waals surface area (Å²) in [6, 6.07) is 7.26. The highest BCUT2D eigenvalue weighted by atomic mass is 32.2. The second-order valence-corrected chi connectivity index (χ2v) is 6.97. The zero-order valence-corrected chi connectivity index (χ0v) is 15.2. The third-order valence-electron chi connectivity index (χ3n) is 3.34. The fourth-order valence-corrected chi connectivity index (χ4v) is 3.44. The minimum atomic E-state index is -0.198. The molecule has 0 aliphatic carbocycles. The van der Waals surface area contributed by atoms with Crippen LogP contribution in [0.4, 0.5) is 5.82 Å². The average molecular weight is 373 g/mol. The number of pyridine rings is 1. The number of aromatic nitrogens is 1. The zero-order valence-electron chi connectivity index (χ0n) is 13.6. The van der Waals surface area contributed by atoms with Crippen molar-refractivity contribution in [1.82, 2.24) is 10.3 Å². The van der Waals surface area contributed by atoms with Gasteiger partial charge in [-0.3, -0.25) is 9.59 Å². The van der Waals surface area contributed by atoms with Gasteiger partial charge in [-0.15, -0.1) is 0 Å². The number of fused-ring (bicyclic) bond motifs is 1. The van der Waals surface area contributed by atoms with Gasteiger partial charge in [0.2, 0.25) is 5.91 Å². The van der Waals surface area contributed by atoms with Gasteiger partial charge in [0.25, 0.3) is 5.91 Å². The Morgan fingerprint density at radius 2 is 2.24 bits per heavy atom. The van der Waals surface area contributed by atoms with Crippen LogP contribution in [0.1, 0.15) is 19.4 Å². The van der Waals surface area contributed by atoms with Crippen LogP contribution in [0, 0.1) is 0 Å². The van der Waals surface area contributed by atoms with Gasteiger partial charge in [-0.1, -0.05) is 30.0 Å². The number of amides is 2. The molecule has 1 saturated heterocycles. The van der Waals surface area contributed by atoms with E-state index in [1.54, 1.807) is 12.1 Å². The number of thiocarbonyl (C=S) groups is 1. The maximum atomic E-state index is 11.8. The summed E-state index contributed by atoms with van der Waals surface area (Å²) >= 11 is 6.23. The Morgan fingerprint density at radius 3 is 2.88 bits per heavy atom. The van der Waals surface area contributed by atoms with Crippen LogP contribution in [0.25, 0.3) is 17.0 Å². The normalized spacial score (nSPS) is 15.5.